The number of nitrogens with one attached hydrogen (secondary N) is 3. The molecule has 3 amide bonds. The van der Waals surface area contributed by atoms with Crippen molar-refractivity contribution in [2.24, 2.45) is 11.5 Å². The summed E-state index contributed by atoms with van der Waals surface area (Å²) in [6.45, 7) is 0. The number of carboxylic acid groups (broad SMARTS) is 2. The molecule has 13 heteroatoms. The van der Waals surface area contributed by atoms with E-state index in [1.165, 1.54) is 12.5 Å². The van der Waals surface area contributed by atoms with Crippen molar-refractivity contribution in [3.05, 3.63) is 18.2 Å². The normalized spacial score (nSPS) is 13.8. The zero-order valence-corrected chi connectivity index (χ0v) is 14.0. The number of carboxylic acids is 2. The van der Waals surface area contributed by atoms with Gasteiger partial charge in [0.05, 0.1) is 25.2 Å². The van der Waals surface area contributed by atoms with Crippen LogP contribution in [0.15, 0.2) is 12.5 Å². The third kappa shape index (κ3) is 7.52. The van der Waals surface area contributed by atoms with Crippen molar-refractivity contribution in [1.29, 1.82) is 0 Å². The van der Waals surface area contributed by atoms with Gasteiger partial charge in [0.25, 0.3) is 0 Å². The molecule has 13 nitrogen and oxygen atoms in total. The Balaban J connectivity index is 2.82. The second-order valence-electron chi connectivity index (χ2n) is 5.62. The summed E-state index contributed by atoms with van der Waals surface area (Å²) in [5.41, 5.74) is 10.9. The molecule has 1 rings (SSSR count). The lowest BCUT2D eigenvalue weighted by Gasteiger charge is -2.21. The van der Waals surface area contributed by atoms with Crippen LogP contribution in [0.4, 0.5) is 0 Å². The number of amides is 3. The fraction of sp³-hybridized carbons (Fsp3) is 0.429. The molecule has 1 aromatic heterocycles. The molecule has 0 spiro atoms. The van der Waals surface area contributed by atoms with E-state index < -0.39 is 60.6 Å². The number of aromatic amines is 1. The van der Waals surface area contributed by atoms with Gasteiger partial charge in [-0.2, -0.15) is 0 Å². The van der Waals surface area contributed by atoms with Gasteiger partial charge < -0.3 is 37.3 Å². The Hall–Kier alpha value is -3.48. The van der Waals surface area contributed by atoms with Crippen molar-refractivity contribution in [1.82, 2.24) is 20.6 Å². The maximum absolute atomic E-state index is 12.3. The summed E-state index contributed by atoms with van der Waals surface area (Å²) in [5.74, 6) is -5.62. The molecule has 0 aromatic carbocycles. The van der Waals surface area contributed by atoms with Crippen LogP contribution in [0.3, 0.4) is 0 Å². The van der Waals surface area contributed by atoms with E-state index in [4.69, 9.17) is 16.6 Å². The van der Waals surface area contributed by atoms with E-state index in [1.54, 1.807) is 0 Å². The van der Waals surface area contributed by atoms with Crippen LogP contribution in [-0.4, -0.2) is 68.0 Å². The second-order valence-corrected chi connectivity index (χ2v) is 5.62. The van der Waals surface area contributed by atoms with Gasteiger partial charge in [0.15, 0.2) is 0 Å². The van der Waals surface area contributed by atoms with Crippen molar-refractivity contribution in [3.63, 3.8) is 0 Å². The molecule has 1 heterocycles. The Morgan fingerprint density at radius 2 is 1.70 bits per heavy atom. The summed E-state index contributed by atoms with van der Waals surface area (Å²) < 4.78 is 0. The molecule has 0 aliphatic rings. The van der Waals surface area contributed by atoms with Crippen LogP contribution >= 0.6 is 0 Å². The first kappa shape index (κ1) is 21.6. The van der Waals surface area contributed by atoms with Gasteiger partial charge in [-0.15, -0.1) is 0 Å². The third-order valence-corrected chi connectivity index (χ3v) is 3.36. The fourth-order valence-electron chi connectivity index (χ4n) is 2.06. The first-order chi connectivity index (χ1) is 12.6. The van der Waals surface area contributed by atoms with Gasteiger partial charge in [-0.1, -0.05) is 0 Å². The molecule has 9 N–H and O–H groups in total. The summed E-state index contributed by atoms with van der Waals surface area (Å²) in [5, 5.41) is 22.2. The van der Waals surface area contributed by atoms with Gasteiger partial charge in [-0.3, -0.25) is 19.2 Å². The van der Waals surface area contributed by atoms with Gasteiger partial charge in [-0.25, -0.2) is 9.78 Å². The van der Waals surface area contributed by atoms with Gasteiger partial charge in [0.1, 0.15) is 12.1 Å². The van der Waals surface area contributed by atoms with Crippen LogP contribution in [0.25, 0.3) is 0 Å². The molecule has 0 aliphatic carbocycles. The highest BCUT2D eigenvalue weighted by Crippen LogP contribution is 2.02. The first-order valence-electron chi connectivity index (χ1n) is 7.66. The van der Waals surface area contributed by atoms with E-state index in [1.807, 2.05) is 0 Å². The monoisotopic (exact) mass is 384 g/mol. The summed E-state index contributed by atoms with van der Waals surface area (Å²) in [7, 11) is 0. The molecule has 148 valence electrons. The second kappa shape index (κ2) is 9.86. The Morgan fingerprint density at radius 1 is 1.07 bits per heavy atom. The van der Waals surface area contributed by atoms with Crippen molar-refractivity contribution in [2.45, 2.75) is 37.4 Å². The summed E-state index contributed by atoms with van der Waals surface area (Å²) in [6.07, 6.45) is 1.24. The van der Waals surface area contributed by atoms with Crippen molar-refractivity contribution < 1.29 is 34.2 Å². The number of carbonyl (C=O) groups excluding carboxylic acids is 3. The Bertz CT molecular complexity index is 705. The number of primary amides is 1. The molecule has 1 aromatic rings. The molecule has 0 radical (unpaired) electrons. The summed E-state index contributed by atoms with van der Waals surface area (Å²) >= 11 is 0. The summed E-state index contributed by atoms with van der Waals surface area (Å²) in [4.78, 5) is 63.7. The predicted octanol–water partition coefficient (Wildman–Crippen LogP) is -3.32. The van der Waals surface area contributed by atoms with Crippen LogP contribution < -0.4 is 22.1 Å². The molecule has 3 unspecified atom stereocenters. The molecule has 3 atom stereocenters. The molecule has 0 bridgehead atoms. The Kier molecular flexibility index (Phi) is 7.88. The smallest absolute Gasteiger partial charge is 0.326 e. The maximum atomic E-state index is 12.3. The number of aromatic nitrogens is 2. The minimum absolute atomic E-state index is 0.128. The Morgan fingerprint density at radius 3 is 2.19 bits per heavy atom. The van der Waals surface area contributed by atoms with Crippen LogP contribution in [0, 0.1) is 0 Å². The lowest BCUT2D eigenvalue weighted by atomic mass is 10.1. The number of H-pyrrole nitrogens is 1. The number of nitrogens with two attached hydrogens (primary N) is 2. The lowest BCUT2D eigenvalue weighted by Crippen LogP contribution is -2.56. The van der Waals surface area contributed by atoms with E-state index in [-0.39, 0.29) is 6.42 Å². The first-order valence-corrected chi connectivity index (χ1v) is 7.66. The molecular formula is C14H20N6O7. The van der Waals surface area contributed by atoms with E-state index in [9.17, 15) is 29.1 Å². The average Bonchev–Trinajstić information content (AvgIpc) is 3.05. The maximum Gasteiger partial charge on any atom is 0.326 e. The zero-order chi connectivity index (χ0) is 20.6. The molecule has 0 aliphatic heterocycles. The molecule has 0 saturated heterocycles. The highest BCUT2D eigenvalue weighted by atomic mass is 16.4. The van der Waals surface area contributed by atoms with Crippen LogP contribution in [0.2, 0.25) is 0 Å². The minimum Gasteiger partial charge on any atom is -0.481 e. The topological polar surface area (TPSA) is 231 Å². The number of hydrogen-bond donors (Lipinski definition) is 7. The number of nitrogens with zero attached hydrogens (tertiary/aromatic N) is 1. The highest BCUT2D eigenvalue weighted by Gasteiger charge is 2.29. The standard InChI is InChI=1S/C14H20N6O7/c15-7(2-11(22)23)12(24)19-8(3-10(16)21)13(25)20-9(14(26)27)1-6-4-17-5-18-6/h4-5,7-9H,1-3,15H2,(H2,16,21)(H,17,18)(H,19,24)(H,20,25)(H,22,23)(H,26,27). The van der Waals surface area contributed by atoms with E-state index in [0.717, 1.165) is 0 Å². The van der Waals surface area contributed by atoms with Crippen LogP contribution in [0.5, 0.6) is 0 Å². The predicted molar refractivity (Wildman–Crippen MR) is 87.8 cm³/mol. The van der Waals surface area contributed by atoms with Crippen molar-refractivity contribution >= 4 is 29.7 Å². The molecule has 0 saturated carbocycles. The zero-order valence-electron chi connectivity index (χ0n) is 14.0. The van der Waals surface area contributed by atoms with Crippen LogP contribution in [-0.2, 0) is 30.4 Å². The molecule has 27 heavy (non-hydrogen) atoms. The fourth-order valence-corrected chi connectivity index (χ4v) is 2.06. The average molecular weight is 384 g/mol. The van der Waals surface area contributed by atoms with E-state index in [2.05, 4.69) is 20.6 Å². The number of aliphatic carboxylic acids is 2. The van der Waals surface area contributed by atoms with E-state index >= 15 is 0 Å². The molecule has 0 fully saturated rings. The summed E-state index contributed by atoms with van der Waals surface area (Å²) in [6, 6.07) is -4.36. The van der Waals surface area contributed by atoms with Crippen LogP contribution in [0.1, 0.15) is 18.5 Å². The third-order valence-electron chi connectivity index (χ3n) is 3.36. The van der Waals surface area contributed by atoms with E-state index in [0.29, 0.717) is 5.69 Å². The quantitative estimate of drug-likeness (QED) is 0.202. The number of imidazole rings is 1. The van der Waals surface area contributed by atoms with Crippen molar-refractivity contribution in [2.75, 3.05) is 0 Å². The SMILES string of the molecule is NC(=O)CC(NC(=O)C(N)CC(=O)O)C(=O)NC(Cc1cnc[nH]1)C(=O)O. The highest BCUT2D eigenvalue weighted by molar-refractivity contribution is 5.95. The lowest BCUT2D eigenvalue weighted by molar-refractivity contribution is -0.143. The number of hydrogen-bond acceptors (Lipinski definition) is 7. The number of rotatable bonds is 11. The Labute approximate surface area is 152 Å². The van der Waals surface area contributed by atoms with Gasteiger partial charge in [0, 0.05) is 18.3 Å². The minimum atomic E-state index is -1.52. The van der Waals surface area contributed by atoms with Gasteiger partial charge >= 0.3 is 11.9 Å². The van der Waals surface area contributed by atoms with Gasteiger partial charge in [-0.05, 0) is 0 Å². The largest absolute Gasteiger partial charge is 0.481 e. The van der Waals surface area contributed by atoms with Crippen molar-refractivity contribution in [3.8, 4) is 0 Å². The number of carbonyl (C=O) groups is 5. The van der Waals surface area contributed by atoms with Gasteiger partial charge in [0.2, 0.25) is 17.7 Å². The molecular weight excluding hydrogens is 364 g/mol.